The fraction of sp³-hybridized carbons (Fsp3) is 0.345. The van der Waals surface area contributed by atoms with Crippen LogP contribution in [-0.2, 0) is 0 Å². The van der Waals surface area contributed by atoms with Crippen LogP contribution in [0.25, 0.3) is 10.9 Å². The van der Waals surface area contributed by atoms with Crippen molar-refractivity contribution in [1.82, 2.24) is 24.8 Å². The molecule has 6 rings (SSSR count). The highest BCUT2D eigenvalue weighted by atomic mass is 19.3. The van der Waals surface area contributed by atoms with Crippen LogP contribution in [0.4, 0.5) is 34.8 Å². The third kappa shape index (κ3) is 5.31. The first-order chi connectivity index (χ1) is 20.1. The fourth-order valence-electron chi connectivity index (χ4n) is 5.28. The Morgan fingerprint density at radius 3 is 2.45 bits per heavy atom. The summed E-state index contributed by atoms with van der Waals surface area (Å²) in [5.41, 5.74) is 1.84. The summed E-state index contributed by atoms with van der Waals surface area (Å²) in [6.07, 6.45) is 1.09. The average Bonchev–Trinajstić information content (AvgIpc) is 3.37. The van der Waals surface area contributed by atoms with Gasteiger partial charge in [-0.1, -0.05) is 6.92 Å². The first-order valence-electron chi connectivity index (χ1n) is 13.6. The number of H-pyrrole nitrogens is 1. The van der Waals surface area contributed by atoms with Gasteiger partial charge < -0.3 is 29.7 Å². The van der Waals surface area contributed by atoms with Crippen molar-refractivity contribution in [1.29, 1.82) is 0 Å². The molecule has 0 atom stereocenters. The van der Waals surface area contributed by atoms with Crippen molar-refractivity contribution in [2.45, 2.75) is 19.8 Å². The van der Waals surface area contributed by atoms with Crippen molar-refractivity contribution in [2.75, 3.05) is 56.0 Å². The summed E-state index contributed by atoms with van der Waals surface area (Å²) >= 11 is 0. The number of ether oxygens (including phenoxy) is 1. The summed E-state index contributed by atoms with van der Waals surface area (Å²) in [5, 5.41) is 3.00. The molecular weight excluding hydrogens is 554 g/mol. The van der Waals surface area contributed by atoms with Gasteiger partial charge in [0.25, 0.3) is 11.8 Å². The topological polar surface area (TPSA) is 89.6 Å². The first kappa shape index (κ1) is 27.8. The van der Waals surface area contributed by atoms with E-state index in [4.69, 9.17) is 4.74 Å². The molecule has 9 nitrogen and oxygen atoms in total. The zero-order valence-corrected chi connectivity index (χ0v) is 23.1. The van der Waals surface area contributed by atoms with E-state index in [2.05, 4.69) is 37.0 Å². The summed E-state index contributed by atoms with van der Waals surface area (Å²) < 4.78 is 63.1. The SMILES string of the molecule is CCN1CCN(c2ccc(Nc3ncnc(Oc4cc(F)c5[nH]c(C)cc5c4F)c3C(=O)N3CC(F)(F)C3)cc2)CC1. The number of aryl methyl sites for hydroxylation is 1. The van der Waals surface area contributed by atoms with E-state index in [1.807, 2.05) is 24.3 Å². The molecule has 42 heavy (non-hydrogen) atoms. The van der Waals surface area contributed by atoms with Crippen molar-refractivity contribution >= 4 is 34.0 Å². The number of alkyl halides is 2. The highest BCUT2D eigenvalue weighted by Gasteiger charge is 2.47. The quantitative estimate of drug-likeness (QED) is 0.285. The number of hydrogen-bond donors (Lipinski definition) is 2. The molecule has 1 amide bonds. The zero-order chi connectivity index (χ0) is 29.6. The van der Waals surface area contributed by atoms with E-state index in [1.165, 1.54) is 6.07 Å². The van der Waals surface area contributed by atoms with Crippen LogP contribution in [0.5, 0.6) is 11.6 Å². The standard InChI is InChI=1S/C29H29F4N7O2/c1-3-38-8-10-39(11-9-38)19-6-4-18(5-7-19)37-26-23(28(41)40-14-29(32,33)15-40)27(35-16-34-26)42-22-13-21(30)25-20(24(22)31)12-17(2)36-25/h4-7,12-13,16,36H,3,8-11,14-15H2,1-2H3,(H,34,35,37). The lowest BCUT2D eigenvalue weighted by Gasteiger charge is -2.38. The Bertz CT molecular complexity index is 1630. The number of hydrogen-bond acceptors (Lipinski definition) is 7. The lowest BCUT2D eigenvalue weighted by molar-refractivity contribution is -0.113. The van der Waals surface area contributed by atoms with E-state index < -0.39 is 48.2 Å². The molecule has 2 aliphatic rings. The highest BCUT2D eigenvalue weighted by Crippen LogP contribution is 2.37. The van der Waals surface area contributed by atoms with Gasteiger partial charge in [0.1, 0.15) is 11.9 Å². The Balaban J connectivity index is 1.31. The van der Waals surface area contributed by atoms with Gasteiger partial charge in [0, 0.05) is 54.7 Å². The number of carbonyl (C=O) groups excluding carboxylic acids is 1. The summed E-state index contributed by atoms with van der Waals surface area (Å²) in [6.45, 7) is 6.97. The maximum Gasteiger partial charge on any atom is 0.282 e. The summed E-state index contributed by atoms with van der Waals surface area (Å²) in [4.78, 5) is 29.9. The fourth-order valence-corrected chi connectivity index (χ4v) is 5.28. The van der Waals surface area contributed by atoms with Crippen LogP contribution in [0, 0.1) is 18.6 Å². The van der Waals surface area contributed by atoms with Gasteiger partial charge >= 0.3 is 0 Å². The van der Waals surface area contributed by atoms with Gasteiger partial charge in [0.05, 0.1) is 18.6 Å². The maximum atomic E-state index is 15.3. The zero-order valence-electron chi connectivity index (χ0n) is 23.1. The number of likely N-dealkylation sites (tertiary alicyclic amines) is 1. The van der Waals surface area contributed by atoms with E-state index in [0.717, 1.165) is 55.7 Å². The minimum Gasteiger partial charge on any atom is -0.435 e. The monoisotopic (exact) mass is 583 g/mol. The predicted octanol–water partition coefficient (Wildman–Crippen LogP) is 5.31. The molecule has 220 valence electrons. The third-order valence-electron chi connectivity index (χ3n) is 7.58. The second kappa shape index (κ2) is 10.8. The van der Waals surface area contributed by atoms with Gasteiger partial charge in [-0.3, -0.25) is 4.79 Å². The number of amides is 1. The number of nitrogens with zero attached hydrogens (tertiary/aromatic N) is 5. The number of carbonyl (C=O) groups is 1. The van der Waals surface area contributed by atoms with E-state index in [0.29, 0.717) is 11.4 Å². The highest BCUT2D eigenvalue weighted by molar-refractivity contribution is 6.02. The molecule has 2 N–H and O–H groups in total. The summed E-state index contributed by atoms with van der Waals surface area (Å²) in [6, 6.07) is 9.77. The molecule has 0 unspecified atom stereocenters. The van der Waals surface area contributed by atoms with E-state index in [9.17, 15) is 18.0 Å². The summed E-state index contributed by atoms with van der Waals surface area (Å²) in [5.74, 6) is -6.43. The van der Waals surface area contributed by atoms with Gasteiger partial charge in [-0.25, -0.2) is 27.5 Å². The molecule has 0 aliphatic carbocycles. The maximum absolute atomic E-state index is 15.3. The molecule has 2 aromatic heterocycles. The molecule has 4 heterocycles. The van der Waals surface area contributed by atoms with Gasteiger partial charge in [-0.05, 0) is 43.8 Å². The van der Waals surface area contributed by atoms with Crippen LogP contribution in [0.3, 0.4) is 0 Å². The first-order valence-corrected chi connectivity index (χ1v) is 13.6. The smallest absolute Gasteiger partial charge is 0.282 e. The van der Waals surface area contributed by atoms with Gasteiger partial charge in [0.15, 0.2) is 23.2 Å². The van der Waals surface area contributed by atoms with Crippen LogP contribution >= 0.6 is 0 Å². The number of halogens is 4. The second-order valence-corrected chi connectivity index (χ2v) is 10.5. The van der Waals surface area contributed by atoms with Gasteiger partial charge in [-0.15, -0.1) is 0 Å². The molecular formula is C29H29F4N7O2. The van der Waals surface area contributed by atoms with Crippen LogP contribution < -0.4 is 15.0 Å². The van der Waals surface area contributed by atoms with Crippen LogP contribution in [0.1, 0.15) is 23.0 Å². The summed E-state index contributed by atoms with van der Waals surface area (Å²) in [7, 11) is 0. The molecule has 2 fully saturated rings. The van der Waals surface area contributed by atoms with Crippen molar-refractivity contribution < 1.29 is 27.1 Å². The molecule has 13 heteroatoms. The van der Waals surface area contributed by atoms with Crippen molar-refractivity contribution in [3.05, 3.63) is 65.6 Å². The molecule has 0 radical (unpaired) electrons. The average molecular weight is 584 g/mol. The second-order valence-electron chi connectivity index (χ2n) is 10.5. The number of anilines is 3. The normalized spacial score (nSPS) is 16.9. The number of likely N-dealkylation sites (N-methyl/N-ethyl adjacent to an activating group) is 1. The number of nitrogens with one attached hydrogen (secondary N) is 2. The van der Waals surface area contributed by atoms with E-state index in [-0.39, 0.29) is 22.3 Å². The lowest BCUT2D eigenvalue weighted by Crippen LogP contribution is -2.58. The molecule has 2 saturated heterocycles. The van der Waals surface area contributed by atoms with Crippen LogP contribution in [0.15, 0.2) is 42.7 Å². The van der Waals surface area contributed by atoms with Crippen molar-refractivity contribution in [3.63, 3.8) is 0 Å². The minimum absolute atomic E-state index is 0.0241. The molecule has 2 aliphatic heterocycles. The third-order valence-corrected chi connectivity index (χ3v) is 7.58. The Labute approximate surface area is 239 Å². The predicted molar refractivity (Wildman–Crippen MR) is 150 cm³/mol. The number of benzene rings is 2. The van der Waals surface area contributed by atoms with Crippen molar-refractivity contribution in [3.8, 4) is 11.6 Å². The van der Waals surface area contributed by atoms with E-state index >= 15 is 4.39 Å². The van der Waals surface area contributed by atoms with Crippen LogP contribution in [-0.4, -0.2) is 82.4 Å². The van der Waals surface area contributed by atoms with E-state index in [1.54, 1.807) is 6.92 Å². The number of rotatable bonds is 7. The number of fused-ring (bicyclic) bond motifs is 1. The number of aromatic nitrogens is 3. The lowest BCUT2D eigenvalue weighted by atomic mass is 10.1. The largest absolute Gasteiger partial charge is 0.435 e. The van der Waals surface area contributed by atoms with Crippen LogP contribution in [0.2, 0.25) is 0 Å². The number of aromatic amines is 1. The molecule has 0 saturated carbocycles. The Morgan fingerprint density at radius 1 is 1.07 bits per heavy atom. The Kier molecular flexibility index (Phi) is 7.13. The number of piperazine rings is 1. The Morgan fingerprint density at radius 2 is 1.79 bits per heavy atom. The molecule has 2 aromatic carbocycles. The Hall–Kier alpha value is -4.39. The minimum atomic E-state index is -3.02. The molecule has 0 spiro atoms. The molecule has 4 aromatic rings. The van der Waals surface area contributed by atoms with Crippen molar-refractivity contribution in [2.24, 2.45) is 0 Å². The molecule has 0 bridgehead atoms. The van der Waals surface area contributed by atoms with Gasteiger partial charge in [0.2, 0.25) is 5.88 Å². The van der Waals surface area contributed by atoms with Gasteiger partial charge in [-0.2, -0.15) is 0 Å².